The third kappa shape index (κ3) is 8.87. The fourth-order valence-corrected chi connectivity index (χ4v) is 3.31. The molecule has 0 heterocycles. The van der Waals surface area contributed by atoms with E-state index in [4.69, 9.17) is 9.94 Å². The van der Waals surface area contributed by atoms with E-state index < -0.39 is 23.8 Å². The first-order valence-electron chi connectivity index (χ1n) is 10.6. The predicted molar refractivity (Wildman–Crippen MR) is 120 cm³/mol. The third-order valence-electron chi connectivity index (χ3n) is 5.04. The Morgan fingerprint density at radius 1 is 0.938 bits per heavy atom. The number of hydroxylamine groups is 1. The van der Waals surface area contributed by atoms with E-state index in [1.165, 1.54) is 7.05 Å². The minimum Gasteiger partial charge on any atom is -0.377 e. The van der Waals surface area contributed by atoms with Crippen LogP contribution in [-0.2, 0) is 32.1 Å². The van der Waals surface area contributed by atoms with Crippen molar-refractivity contribution < 1.29 is 24.3 Å². The number of rotatable bonds is 13. The fourth-order valence-electron chi connectivity index (χ4n) is 3.31. The molecule has 172 valence electrons. The highest BCUT2D eigenvalue weighted by Gasteiger charge is 2.27. The van der Waals surface area contributed by atoms with Crippen molar-refractivity contribution in [3.05, 3.63) is 71.8 Å². The van der Waals surface area contributed by atoms with Crippen molar-refractivity contribution in [1.82, 2.24) is 16.1 Å². The summed E-state index contributed by atoms with van der Waals surface area (Å²) < 4.78 is 5.65. The van der Waals surface area contributed by atoms with Crippen LogP contribution in [0.5, 0.6) is 0 Å². The fraction of sp³-hybridized carbons (Fsp3) is 0.375. The Morgan fingerprint density at radius 3 is 2.16 bits per heavy atom. The second-order valence-corrected chi connectivity index (χ2v) is 7.48. The van der Waals surface area contributed by atoms with Crippen molar-refractivity contribution in [1.29, 1.82) is 0 Å². The number of hydrogen-bond acceptors (Lipinski definition) is 5. The monoisotopic (exact) mass is 441 g/mol. The molecule has 0 aliphatic heterocycles. The van der Waals surface area contributed by atoms with Gasteiger partial charge < -0.3 is 15.4 Å². The molecule has 0 aromatic heterocycles. The molecule has 2 atom stereocenters. The van der Waals surface area contributed by atoms with Crippen LogP contribution in [0.15, 0.2) is 60.7 Å². The molecule has 0 fully saturated rings. The van der Waals surface area contributed by atoms with Gasteiger partial charge in [0.15, 0.2) is 0 Å². The minimum absolute atomic E-state index is 0.188. The summed E-state index contributed by atoms with van der Waals surface area (Å²) in [5.74, 6) is -2.10. The van der Waals surface area contributed by atoms with Crippen LogP contribution in [0.25, 0.3) is 0 Å². The summed E-state index contributed by atoms with van der Waals surface area (Å²) in [5.41, 5.74) is 3.53. The van der Waals surface area contributed by atoms with Gasteiger partial charge >= 0.3 is 0 Å². The van der Waals surface area contributed by atoms with E-state index in [0.717, 1.165) is 11.1 Å². The zero-order valence-corrected chi connectivity index (χ0v) is 18.3. The topological polar surface area (TPSA) is 117 Å². The Labute approximate surface area is 188 Å². The van der Waals surface area contributed by atoms with Gasteiger partial charge in [0.1, 0.15) is 6.04 Å². The zero-order chi connectivity index (χ0) is 23.2. The molecule has 2 aromatic rings. The van der Waals surface area contributed by atoms with Crippen molar-refractivity contribution in [2.24, 2.45) is 5.92 Å². The van der Waals surface area contributed by atoms with Crippen molar-refractivity contribution in [3.8, 4) is 0 Å². The molecule has 8 heteroatoms. The second-order valence-electron chi connectivity index (χ2n) is 7.48. The third-order valence-corrected chi connectivity index (χ3v) is 5.04. The lowest BCUT2D eigenvalue weighted by atomic mass is 9.96. The maximum Gasteiger partial charge on any atom is 0.244 e. The van der Waals surface area contributed by atoms with Crippen molar-refractivity contribution >= 4 is 17.7 Å². The molecule has 0 aliphatic carbocycles. The number of amides is 3. The second kappa shape index (κ2) is 14.0. The number of hydrogen-bond donors (Lipinski definition) is 4. The van der Waals surface area contributed by atoms with Crippen LogP contribution in [0.3, 0.4) is 0 Å². The molecular formula is C24H31N3O5. The van der Waals surface area contributed by atoms with Crippen LogP contribution in [-0.4, -0.2) is 42.6 Å². The smallest absolute Gasteiger partial charge is 0.244 e. The van der Waals surface area contributed by atoms with Crippen LogP contribution >= 0.6 is 0 Å². The molecule has 32 heavy (non-hydrogen) atoms. The van der Waals surface area contributed by atoms with Gasteiger partial charge in [0.25, 0.3) is 0 Å². The van der Waals surface area contributed by atoms with Gasteiger partial charge in [0.05, 0.1) is 6.61 Å². The molecule has 4 N–H and O–H groups in total. The molecule has 8 nitrogen and oxygen atoms in total. The van der Waals surface area contributed by atoms with Crippen LogP contribution in [0, 0.1) is 5.92 Å². The summed E-state index contributed by atoms with van der Waals surface area (Å²) in [4.78, 5) is 36.9. The Hall–Kier alpha value is -3.23. The standard InChI is InChI=1S/C24H31N3O5/c1-25-24(30)21(15-18-9-4-2-5-10-18)26-23(29)20(16-22(28)27-31)13-8-14-32-17-19-11-6-3-7-12-19/h2-7,9-12,20-21,31H,8,13-17H2,1H3,(H,25,30)(H,26,29)(H,27,28)/t20-,21+/m1/s1. The van der Waals surface area contributed by atoms with Gasteiger partial charge in [-0.2, -0.15) is 0 Å². The van der Waals surface area contributed by atoms with Crippen molar-refractivity contribution in [2.45, 2.75) is 38.3 Å². The Bertz CT molecular complexity index is 845. The van der Waals surface area contributed by atoms with E-state index in [1.54, 1.807) is 5.48 Å². The minimum atomic E-state index is -0.774. The number of nitrogens with one attached hydrogen (secondary N) is 3. The molecular weight excluding hydrogens is 410 g/mol. The number of likely N-dealkylation sites (N-methyl/N-ethyl adjacent to an activating group) is 1. The number of carbonyl (C=O) groups is 3. The lowest BCUT2D eigenvalue weighted by Gasteiger charge is -2.22. The normalized spacial score (nSPS) is 12.4. The van der Waals surface area contributed by atoms with Gasteiger partial charge in [-0.25, -0.2) is 5.48 Å². The maximum absolute atomic E-state index is 12.9. The molecule has 3 amide bonds. The molecule has 0 radical (unpaired) electrons. The zero-order valence-electron chi connectivity index (χ0n) is 18.3. The molecule has 2 aromatic carbocycles. The number of ether oxygens (including phenoxy) is 1. The molecule has 0 spiro atoms. The van der Waals surface area contributed by atoms with Gasteiger partial charge in [-0.1, -0.05) is 60.7 Å². The van der Waals surface area contributed by atoms with E-state index in [9.17, 15) is 14.4 Å². The Kier molecular flexibility index (Phi) is 10.9. The van der Waals surface area contributed by atoms with E-state index in [2.05, 4.69) is 10.6 Å². The average molecular weight is 442 g/mol. The van der Waals surface area contributed by atoms with Crippen molar-refractivity contribution in [3.63, 3.8) is 0 Å². The quantitative estimate of drug-likeness (QED) is 0.215. The maximum atomic E-state index is 12.9. The summed E-state index contributed by atoms with van der Waals surface area (Å²) in [7, 11) is 1.51. The summed E-state index contributed by atoms with van der Waals surface area (Å²) in [6.07, 6.45) is 1.06. The molecule has 0 unspecified atom stereocenters. The highest BCUT2D eigenvalue weighted by atomic mass is 16.5. The van der Waals surface area contributed by atoms with Gasteiger partial charge in [-0.05, 0) is 24.0 Å². The first kappa shape index (κ1) is 25.0. The van der Waals surface area contributed by atoms with Crippen LogP contribution < -0.4 is 16.1 Å². The summed E-state index contributed by atoms with van der Waals surface area (Å²) in [5, 5.41) is 14.2. The highest BCUT2D eigenvalue weighted by molar-refractivity contribution is 5.90. The van der Waals surface area contributed by atoms with Gasteiger partial charge in [0.2, 0.25) is 17.7 Å². The van der Waals surface area contributed by atoms with E-state index in [0.29, 0.717) is 32.5 Å². The molecule has 0 saturated carbocycles. The summed E-state index contributed by atoms with van der Waals surface area (Å²) in [6.45, 7) is 0.882. The average Bonchev–Trinajstić information content (AvgIpc) is 2.83. The molecule has 0 bridgehead atoms. The Morgan fingerprint density at radius 2 is 1.56 bits per heavy atom. The van der Waals surface area contributed by atoms with E-state index in [-0.39, 0.29) is 12.3 Å². The highest BCUT2D eigenvalue weighted by Crippen LogP contribution is 2.14. The van der Waals surface area contributed by atoms with Gasteiger partial charge in [-0.3, -0.25) is 19.6 Å². The van der Waals surface area contributed by atoms with Crippen LogP contribution in [0.4, 0.5) is 0 Å². The Balaban J connectivity index is 1.93. The van der Waals surface area contributed by atoms with Crippen molar-refractivity contribution in [2.75, 3.05) is 13.7 Å². The number of carbonyl (C=O) groups excluding carboxylic acids is 3. The molecule has 0 aliphatic rings. The van der Waals surface area contributed by atoms with Gasteiger partial charge in [-0.15, -0.1) is 0 Å². The van der Waals surface area contributed by atoms with Gasteiger partial charge in [0, 0.05) is 32.4 Å². The van der Waals surface area contributed by atoms with E-state index >= 15 is 0 Å². The largest absolute Gasteiger partial charge is 0.377 e. The lowest BCUT2D eigenvalue weighted by Crippen LogP contribution is -2.49. The first-order valence-corrected chi connectivity index (χ1v) is 10.6. The van der Waals surface area contributed by atoms with Crippen LogP contribution in [0.2, 0.25) is 0 Å². The molecule has 2 rings (SSSR count). The molecule has 0 saturated heterocycles. The number of benzene rings is 2. The summed E-state index contributed by atoms with van der Waals surface area (Å²) in [6, 6.07) is 18.3. The SMILES string of the molecule is CNC(=O)[C@H](Cc1ccccc1)NC(=O)[C@H](CCCOCc1ccccc1)CC(=O)NO. The predicted octanol–water partition coefficient (Wildman–Crippen LogP) is 1.97. The van der Waals surface area contributed by atoms with E-state index in [1.807, 2.05) is 60.7 Å². The lowest BCUT2D eigenvalue weighted by molar-refractivity contribution is -0.136. The first-order chi connectivity index (χ1) is 15.5. The summed E-state index contributed by atoms with van der Waals surface area (Å²) >= 11 is 0. The van der Waals surface area contributed by atoms with Crippen LogP contribution in [0.1, 0.15) is 30.4 Å².